The van der Waals surface area contributed by atoms with Gasteiger partial charge in [0.2, 0.25) is 0 Å². The van der Waals surface area contributed by atoms with Gasteiger partial charge in [-0.3, -0.25) is 0 Å². The summed E-state index contributed by atoms with van der Waals surface area (Å²) in [5, 5.41) is 0. The van der Waals surface area contributed by atoms with E-state index < -0.39 is 0 Å². The molecule has 14 rings (SSSR count). The number of ether oxygens (including phenoxy) is 6. The molecule has 81 heavy (non-hydrogen) atoms. The molecule has 6 aliphatic rings. The van der Waals surface area contributed by atoms with Crippen molar-refractivity contribution in [2.45, 2.75) is 157 Å². The minimum Gasteiger partial charge on any atom is -0.458 e. The lowest BCUT2D eigenvalue weighted by atomic mass is 9.32. The Hall–Kier alpha value is -7.25. The molecule has 6 nitrogen and oxygen atoms in total. The first kappa shape index (κ1) is 51.9. The van der Waals surface area contributed by atoms with Crippen LogP contribution in [0.25, 0.3) is 11.1 Å². The largest absolute Gasteiger partial charge is 0.458 e. The van der Waals surface area contributed by atoms with Crippen LogP contribution < -0.4 is 77.6 Å². The van der Waals surface area contributed by atoms with Gasteiger partial charge in [-0.1, -0.05) is 147 Å². The van der Waals surface area contributed by atoms with Crippen LogP contribution in [0, 0.1) is 0 Å². The van der Waals surface area contributed by atoms with Crippen molar-refractivity contribution in [3.8, 4) is 80.1 Å². The molecule has 6 heterocycles. The highest BCUT2D eigenvalue weighted by molar-refractivity contribution is 7.01. The van der Waals surface area contributed by atoms with E-state index in [2.05, 4.69) is 157 Å². The van der Waals surface area contributed by atoms with Crippen LogP contribution in [0.15, 0.2) is 115 Å². The number of hydrogen-bond donors (Lipinski definition) is 0. The molecule has 0 atom stereocenters. The van der Waals surface area contributed by atoms with Gasteiger partial charge in [-0.25, -0.2) is 0 Å². The molecule has 0 amide bonds. The second kappa shape index (κ2) is 21.6. The minimum absolute atomic E-state index is 0.0308. The molecular formula is C72H73B3O6. The maximum atomic E-state index is 7.82. The fraction of sp³-hybridized carbons (Fsp3) is 0.333. The number of unbranched alkanes of at least 4 members (excludes halogenated alkanes) is 6. The van der Waals surface area contributed by atoms with Crippen molar-refractivity contribution in [3.05, 3.63) is 149 Å². The van der Waals surface area contributed by atoms with Gasteiger partial charge in [0.05, 0.1) is 0 Å². The smallest absolute Gasteiger partial charge is 0.261 e. The summed E-state index contributed by atoms with van der Waals surface area (Å²) in [6, 6.07) is 43.8. The van der Waals surface area contributed by atoms with E-state index in [-0.39, 0.29) is 20.1 Å². The van der Waals surface area contributed by atoms with Crippen LogP contribution in [0.1, 0.15) is 152 Å². The van der Waals surface area contributed by atoms with Gasteiger partial charge in [-0.2, -0.15) is 0 Å². The summed E-state index contributed by atoms with van der Waals surface area (Å²) in [6.07, 6.45) is 19.5. The fourth-order valence-corrected chi connectivity index (χ4v) is 14.0. The summed E-state index contributed by atoms with van der Waals surface area (Å²) in [7, 11) is 0. The molecule has 0 unspecified atom stereocenters. The normalized spacial score (nSPS) is 13.7. The number of fused-ring (bicyclic) bond motifs is 14. The number of aryl methyl sites for hydroxylation is 6. The number of rotatable bonds is 19. The van der Waals surface area contributed by atoms with Crippen molar-refractivity contribution < 1.29 is 28.4 Å². The zero-order chi connectivity index (χ0) is 54.9. The Morgan fingerprint density at radius 2 is 0.556 bits per heavy atom. The van der Waals surface area contributed by atoms with Crippen molar-refractivity contribution >= 4 is 69.3 Å². The first-order valence-electron chi connectivity index (χ1n) is 31.2. The number of benzene rings is 8. The van der Waals surface area contributed by atoms with E-state index in [0.717, 1.165) is 217 Å². The maximum absolute atomic E-state index is 7.82. The molecule has 8 aromatic rings. The van der Waals surface area contributed by atoms with Crippen molar-refractivity contribution in [2.75, 3.05) is 0 Å². The molecule has 0 saturated heterocycles. The molecule has 0 bridgehead atoms. The third-order valence-corrected chi connectivity index (χ3v) is 18.3. The third-order valence-electron chi connectivity index (χ3n) is 18.3. The van der Waals surface area contributed by atoms with Crippen LogP contribution in [0.3, 0.4) is 0 Å². The van der Waals surface area contributed by atoms with Crippen LogP contribution in [0.5, 0.6) is 69.0 Å². The van der Waals surface area contributed by atoms with E-state index in [4.69, 9.17) is 28.4 Å². The Balaban J connectivity index is 0.994. The maximum Gasteiger partial charge on any atom is 0.261 e. The Kier molecular flexibility index (Phi) is 13.8. The van der Waals surface area contributed by atoms with Gasteiger partial charge in [0.1, 0.15) is 46.0 Å². The summed E-state index contributed by atoms with van der Waals surface area (Å²) >= 11 is 0. The van der Waals surface area contributed by atoms with E-state index in [1.54, 1.807) is 0 Å². The van der Waals surface area contributed by atoms with Gasteiger partial charge in [0, 0.05) is 22.0 Å². The average molecular weight is 1070 g/mol. The highest BCUT2D eigenvalue weighted by atomic mass is 16.5. The lowest BCUT2D eigenvalue weighted by Crippen LogP contribution is -2.61. The summed E-state index contributed by atoms with van der Waals surface area (Å²) in [5.41, 5.74) is 19.9. The van der Waals surface area contributed by atoms with Gasteiger partial charge in [-0.15, -0.1) is 0 Å². The highest BCUT2D eigenvalue weighted by Gasteiger charge is 2.51. The van der Waals surface area contributed by atoms with Gasteiger partial charge in [0.15, 0.2) is 23.0 Å². The van der Waals surface area contributed by atoms with Crippen LogP contribution in [0.2, 0.25) is 0 Å². The van der Waals surface area contributed by atoms with Crippen molar-refractivity contribution in [2.24, 2.45) is 0 Å². The Bertz CT molecular complexity index is 3700. The van der Waals surface area contributed by atoms with E-state index in [1.165, 1.54) is 44.3 Å². The van der Waals surface area contributed by atoms with Crippen LogP contribution in [0.4, 0.5) is 0 Å². The SMILES string of the molecule is CCCCc1ccc2c(c1)B1c3cc(CCCC)ccc3Oc3cc(-c4cc(CCCC)cc5c4Oc4c6c7c(c8c4B5c4cc(CCCC)ccc4O8)Oc4ccc(CCCC)cc4B7c4cc(CCCC)ccc4O6)cc(c31)O2. The Labute approximate surface area is 481 Å². The van der Waals surface area contributed by atoms with Crippen molar-refractivity contribution in [3.63, 3.8) is 0 Å². The summed E-state index contributed by atoms with van der Waals surface area (Å²) in [4.78, 5) is 0. The van der Waals surface area contributed by atoms with Gasteiger partial charge < -0.3 is 28.4 Å². The lowest BCUT2D eigenvalue weighted by molar-refractivity contribution is 0.397. The number of hydrogen-bond acceptors (Lipinski definition) is 6. The molecule has 8 aromatic carbocycles. The summed E-state index contributed by atoms with van der Waals surface area (Å²) in [6.45, 7) is 13.2. The van der Waals surface area contributed by atoms with E-state index in [9.17, 15) is 0 Å². The van der Waals surface area contributed by atoms with Crippen molar-refractivity contribution in [1.29, 1.82) is 0 Å². The van der Waals surface area contributed by atoms with Crippen LogP contribution >= 0.6 is 0 Å². The van der Waals surface area contributed by atoms with E-state index >= 15 is 0 Å². The lowest BCUT2D eigenvalue weighted by Gasteiger charge is -2.41. The standard InChI is InChI=1S/C72H73B3O6/c1-7-13-19-44-25-30-58-52(36-44)73-53-37-45(20-14-8-2)26-31-59(53)77-64-43-50(42-63(76-58)65(64)73)51-35-49(24-18-12-6)41-57-68(51)81-72-67-70(79-62-34-29-48(23-17-11-5)40-56(62)75(57)67)69-66-71(72)80-61-33-28-47(22-16-10-4)39-55(61)74(66)54-38-46(21-15-9-3)27-32-60(54)78-69/h25-43H,7-24H2,1-6H3. The van der Waals surface area contributed by atoms with E-state index in [1.807, 2.05) is 0 Å². The molecule has 0 aromatic heterocycles. The molecule has 0 N–H and O–H groups in total. The molecule has 0 fully saturated rings. The molecule has 406 valence electrons. The second-order valence-electron chi connectivity index (χ2n) is 24.0. The summed E-state index contributed by atoms with van der Waals surface area (Å²) < 4.78 is 44.3. The first-order chi connectivity index (χ1) is 39.9. The fourth-order valence-electron chi connectivity index (χ4n) is 14.0. The van der Waals surface area contributed by atoms with Crippen LogP contribution in [-0.4, -0.2) is 20.1 Å². The molecule has 0 spiro atoms. The summed E-state index contributed by atoms with van der Waals surface area (Å²) in [5.74, 6) is 9.70. The van der Waals surface area contributed by atoms with E-state index in [0.29, 0.717) is 17.2 Å². The van der Waals surface area contributed by atoms with Crippen molar-refractivity contribution in [1.82, 2.24) is 0 Å². The zero-order valence-electron chi connectivity index (χ0n) is 48.4. The predicted molar refractivity (Wildman–Crippen MR) is 337 cm³/mol. The zero-order valence-corrected chi connectivity index (χ0v) is 48.4. The molecule has 0 radical (unpaired) electrons. The quantitative estimate of drug-likeness (QED) is 0.0752. The monoisotopic (exact) mass is 1070 g/mol. The predicted octanol–water partition coefficient (Wildman–Crippen LogP) is 13.6. The van der Waals surface area contributed by atoms with Gasteiger partial charge in [0.25, 0.3) is 20.1 Å². The van der Waals surface area contributed by atoms with Gasteiger partial charge >= 0.3 is 0 Å². The molecule has 0 aliphatic carbocycles. The second-order valence-corrected chi connectivity index (χ2v) is 24.0. The average Bonchev–Trinajstić information content (AvgIpc) is 2.34. The third kappa shape index (κ3) is 8.95. The molecule has 6 aliphatic heterocycles. The first-order valence-corrected chi connectivity index (χ1v) is 31.2. The Morgan fingerprint density at radius 3 is 0.914 bits per heavy atom. The van der Waals surface area contributed by atoms with Crippen LogP contribution in [-0.2, 0) is 38.5 Å². The molecule has 0 saturated carbocycles. The molecule has 9 heteroatoms. The Morgan fingerprint density at radius 1 is 0.259 bits per heavy atom. The minimum atomic E-state index is -0.248. The topological polar surface area (TPSA) is 55.4 Å². The molecular weight excluding hydrogens is 993 g/mol. The van der Waals surface area contributed by atoms with Gasteiger partial charge in [-0.05, 0) is 197 Å². The highest BCUT2D eigenvalue weighted by Crippen LogP contribution is 2.52.